The molecular weight excluding hydrogens is 440 g/mol. The average molecular weight is 471 g/mol. The molecule has 2 aromatic carbocycles. The molecule has 5 fully saturated rings. The van der Waals surface area contributed by atoms with Gasteiger partial charge in [0.15, 0.2) is 0 Å². The number of carbonyl (C=O) groups excluding carboxylic acids is 3. The van der Waals surface area contributed by atoms with E-state index in [4.69, 9.17) is 4.74 Å². The predicted octanol–water partition coefficient (Wildman–Crippen LogP) is 5.22. The van der Waals surface area contributed by atoms with Crippen molar-refractivity contribution in [1.29, 1.82) is 0 Å². The minimum Gasteiger partial charge on any atom is -0.494 e. The number of anilines is 1. The molecule has 0 spiro atoms. The highest BCUT2D eigenvalue weighted by Crippen LogP contribution is 2.60. The number of rotatable bonds is 5. The van der Waals surface area contributed by atoms with E-state index in [0.717, 1.165) is 22.7 Å². The maximum absolute atomic E-state index is 13.3. The summed E-state index contributed by atoms with van der Waals surface area (Å²) < 4.78 is 5.45. The van der Waals surface area contributed by atoms with Gasteiger partial charge in [0.1, 0.15) is 11.3 Å². The van der Waals surface area contributed by atoms with E-state index in [9.17, 15) is 14.4 Å². The lowest BCUT2D eigenvalue weighted by Crippen LogP contribution is -2.54. The van der Waals surface area contributed by atoms with Crippen LogP contribution in [0.25, 0.3) is 6.08 Å². The van der Waals surface area contributed by atoms with Crippen molar-refractivity contribution >= 4 is 29.6 Å². The highest BCUT2D eigenvalue weighted by molar-refractivity contribution is 6.39. The summed E-state index contributed by atoms with van der Waals surface area (Å²) in [5.41, 5.74) is 2.66. The lowest BCUT2D eigenvalue weighted by atomic mass is 9.48. The van der Waals surface area contributed by atoms with Crippen LogP contribution in [0.4, 0.5) is 10.5 Å². The largest absolute Gasteiger partial charge is 0.494 e. The average Bonchev–Trinajstić information content (AvgIpc) is 2.82. The summed E-state index contributed by atoms with van der Waals surface area (Å²) >= 11 is 0. The Balaban J connectivity index is 1.26. The van der Waals surface area contributed by atoms with E-state index in [0.29, 0.717) is 23.6 Å². The Hall–Kier alpha value is -3.41. The van der Waals surface area contributed by atoms with Crippen LogP contribution in [0.15, 0.2) is 54.1 Å². The van der Waals surface area contributed by atoms with Crippen LogP contribution in [0.2, 0.25) is 0 Å². The second-order valence-electron chi connectivity index (χ2n) is 10.7. The molecule has 1 saturated heterocycles. The molecule has 1 heterocycles. The lowest BCUT2D eigenvalue weighted by molar-refractivity contribution is -0.122. The van der Waals surface area contributed by atoms with Gasteiger partial charge >= 0.3 is 6.03 Å². The smallest absolute Gasteiger partial charge is 0.335 e. The fraction of sp³-hybridized carbons (Fsp3) is 0.414. The normalized spacial score (nSPS) is 30.7. The zero-order chi connectivity index (χ0) is 24.2. The fourth-order valence-corrected chi connectivity index (χ4v) is 7.31. The van der Waals surface area contributed by atoms with Gasteiger partial charge in [0, 0.05) is 0 Å². The van der Waals surface area contributed by atoms with E-state index in [-0.39, 0.29) is 11.0 Å². The third kappa shape index (κ3) is 3.85. The molecule has 5 aliphatic rings. The number of ether oxygens (including phenoxy) is 1. The number of nitrogens with zero attached hydrogens (tertiary/aromatic N) is 1. The molecule has 1 aliphatic heterocycles. The number of nitrogens with one attached hydrogen (secondary N) is 1. The van der Waals surface area contributed by atoms with Gasteiger partial charge in [0.05, 0.1) is 12.3 Å². The quantitative estimate of drug-likeness (QED) is 0.480. The molecule has 4 bridgehead atoms. The standard InChI is InChI=1S/C29H30N2O4/c1-2-35-24-9-3-18(4-10-24)14-25-26(32)30-28(34)31(27(25)33)23-7-5-22(6-8-23)29-15-19-11-20(16-29)13-21(12-19)17-29/h3-10,14,19-21H,2,11-13,15-17H2,1H3,(H,30,32,34)/b25-14+. The van der Waals surface area contributed by atoms with Crippen LogP contribution in [-0.2, 0) is 15.0 Å². The van der Waals surface area contributed by atoms with Crippen molar-refractivity contribution in [2.24, 2.45) is 17.8 Å². The molecule has 4 saturated carbocycles. The van der Waals surface area contributed by atoms with Gasteiger partial charge in [-0.25, -0.2) is 9.69 Å². The van der Waals surface area contributed by atoms with Gasteiger partial charge in [-0.05, 0) is 110 Å². The molecule has 180 valence electrons. The molecule has 4 aliphatic carbocycles. The molecule has 4 amide bonds. The van der Waals surface area contributed by atoms with Crippen LogP contribution in [-0.4, -0.2) is 24.5 Å². The van der Waals surface area contributed by atoms with Gasteiger partial charge in [-0.2, -0.15) is 0 Å². The van der Waals surface area contributed by atoms with Gasteiger partial charge in [-0.15, -0.1) is 0 Å². The predicted molar refractivity (Wildman–Crippen MR) is 133 cm³/mol. The van der Waals surface area contributed by atoms with E-state index >= 15 is 0 Å². The maximum Gasteiger partial charge on any atom is 0.335 e. The van der Waals surface area contributed by atoms with E-state index in [1.54, 1.807) is 24.3 Å². The Bertz CT molecular complexity index is 1180. The first kappa shape index (κ1) is 22.1. The number of benzene rings is 2. The van der Waals surface area contributed by atoms with E-state index < -0.39 is 17.8 Å². The van der Waals surface area contributed by atoms with Crippen LogP contribution in [0.1, 0.15) is 56.6 Å². The summed E-state index contributed by atoms with van der Waals surface area (Å²) in [5, 5.41) is 2.32. The highest BCUT2D eigenvalue weighted by atomic mass is 16.5. The van der Waals surface area contributed by atoms with Gasteiger partial charge in [0.2, 0.25) is 0 Å². The topological polar surface area (TPSA) is 75.7 Å². The number of urea groups is 1. The summed E-state index contributed by atoms with van der Waals surface area (Å²) in [6.07, 6.45) is 9.43. The van der Waals surface area contributed by atoms with Crippen molar-refractivity contribution in [2.45, 2.75) is 50.9 Å². The third-order valence-electron chi connectivity index (χ3n) is 8.38. The van der Waals surface area contributed by atoms with Crippen LogP contribution in [0.3, 0.4) is 0 Å². The molecule has 0 atom stereocenters. The second kappa shape index (κ2) is 8.36. The van der Waals surface area contributed by atoms with Crippen LogP contribution < -0.4 is 15.0 Å². The first-order valence-corrected chi connectivity index (χ1v) is 12.7. The summed E-state index contributed by atoms with van der Waals surface area (Å²) in [4.78, 5) is 39.5. The van der Waals surface area contributed by atoms with Crippen molar-refractivity contribution in [3.63, 3.8) is 0 Å². The summed E-state index contributed by atoms with van der Waals surface area (Å²) in [6.45, 7) is 2.46. The zero-order valence-corrected chi connectivity index (χ0v) is 20.0. The molecule has 6 nitrogen and oxygen atoms in total. The van der Waals surface area contributed by atoms with Crippen molar-refractivity contribution in [3.8, 4) is 5.75 Å². The van der Waals surface area contributed by atoms with Crippen LogP contribution in [0.5, 0.6) is 5.75 Å². The molecule has 0 unspecified atom stereocenters. The van der Waals surface area contributed by atoms with Crippen molar-refractivity contribution in [1.82, 2.24) is 5.32 Å². The summed E-state index contributed by atoms with van der Waals surface area (Å²) in [5.74, 6) is 1.94. The van der Waals surface area contributed by atoms with Gasteiger partial charge < -0.3 is 4.74 Å². The number of hydrogen-bond donors (Lipinski definition) is 1. The summed E-state index contributed by atoms with van der Waals surface area (Å²) in [7, 11) is 0. The first-order chi connectivity index (χ1) is 16.9. The third-order valence-corrected chi connectivity index (χ3v) is 8.38. The Labute approximate surface area is 205 Å². The second-order valence-corrected chi connectivity index (χ2v) is 10.7. The SMILES string of the molecule is CCOc1ccc(/C=C2\C(=O)NC(=O)N(c3ccc(C45CC6CC(CC(C6)C4)C5)cc3)C2=O)cc1. The number of carbonyl (C=O) groups is 3. The summed E-state index contributed by atoms with van der Waals surface area (Å²) in [6, 6.07) is 14.3. The van der Waals surface area contributed by atoms with Crippen LogP contribution in [0, 0.1) is 17.8 Å². The van der Waals surface area contributed by atoms with Crippen LogP contribution >= 0.6 is 0 Å². The molecule has 0 aromatic heterocycles. The van der Waals surface area contributed by atoms with Gasteiger partial charge in [0.25, 0.3) is 11.8 Å². The molecule has 2 aromatic rings. The Morgan fingerprint density at radius 2 is 1.51 bits per heavy atom. The monoisotopic (exact) mass is 470 g/mol. The van der Waals surface area contributed by atoms with Gasteiger partial charge in [-0.3, -0.25) is 14.9 Å². The fourth-order valence-electron chi connectivity index (χ4n) is 7.31. The zero-order valence-electron chi connectivity index (χ0n) is 20.0. The minimum atomic E-state index is -0.716. The minimum absolute atomic E-state index is 0.0704. The van der Waals surface area contributed by atoms with Crippen molar-refractivity contribution < 1.29 is 19.1 Å². The highest BCUT2D eigenvalue weighted by Gasteiger charge is 2.51. The molecule has 35 heavy (non-hydrogen) atoms. The van der Waals surface area contributed by atoms with E-state index in [1.807, 2.05) is 19.1 Å². The number of imide groups is 2. The molecule has 0 radical (unpaired) electrons. The number of amides is 4. The van der Waals surface area contributed by atoms with E-state index in [2.05, 4.69) is 17.4 Å². The Morgan fingerprint density at radius 1 is 0.914 bits per heavy atom. The maximum atomic E-state index is 13.3. The molecular formula is C29H30N2O4. The first-order valence-electron chi connectivity index (χ1n) is 12.7. The Kier molecular flexibility index (Phi) is 5.28. The molecule has 7 rings (SSSR count). The van der Waals surface area contributed by atoms with Crippen molar-refractivity contribution in [3.05, 3.63) is 65.2 Å². The molecule has 6 heteroatoms. The molecule has 1 N–H and O–H groups in total. The lowest BCUT2D eigenvalue weighted by Gasteiger charge is -2.57. The van der Waals surface area contributed by atoms with Gasteiger partial charge in [-0.1, -0.05) is 24.3 Å². The van der Waals surface area contributed by atoms with E-state index in [1.165, 1.54) is 50.2 Å². The Morgan fingerprint density at radius 3 is 2.09 bits per heavy atom. The number of barbiturate groups is 1. The van der Waals surface area contributed by atoms with Crippen molar-refractivity contribution in [2.75, 3.05) is 11.5 Å². The number of hydrogen-bond acceptors (Lipinski definition) is 4.